The van der Waals surface area contributed by atoms with E-state index in [1.807, 2.05) is 0 Å². The summed E-state index contributed by atoms with van der Waals surface area (Å²) in [6.07, 6.45) is 1.56. The quantitative estimate of drug-likeness (QED) is 0.794. The summed E-state index contributed by atoms with van der Waals surface area (Å²) in [6.45, 7) is 0. The van der Waals surface area contributed by atoms with Crippen LogP contribution in [0, 0.1) is 0 Å². The van der Waals surface area contributed by atoms with Gasteiger partial charge in [-0.1, -0.05) is 6.07 Å². The predicted molar refractivity (Wildman–Crippen MR) is 59.5 cm³/mol. The molecule has 0 amide bonds. The number of nitrogens with two attached hydrogens (primary N) is 1. The van der Waals surface area contributed by atoms with Gasteiger partial charge in [-0.3, -0.25) is 0 Å². The second-order valence-corrected chi connectivity index (χ2v) is 3.06. The highest BCUT2D eigenvalue weighted by molar-refractivity contribution is 5.44. The second kappa shape index (κ2) is 4.48. The molecule has 0 spiro atoms. The highest BCUT2D eigenvalue weighted by atomic mass is 16.5. The largest absolute Gasteiger partial charge is 0.481 e. The first-order valence-corrected chi connectivity index (χ1v) is 4.68. The molecule has 82 valence electrons. The monoisotopic (exact) mass is 217 g/mol. The van der Waals surface area contributed by atoms with Crippen LogP contribution in [0.1, 0.15) is 0 Å². The van der Waals surface area contributed by atoms with Gasteiger partial charge in [-0.2, -0.15) is 4.98 Å². The zero-order valence-electron chi connectivity index (χ0n) is 8.75. The van der Waals surface area contributed by atoms with Crippen LogP contribution in [0.15, 0.2) is 36.5 Å². The smallest absolute Gasteiger partial charge is 0.325 e. The molecule has 16 heavy (non-hydrogen) atoms. The van der Waals surface area contributed by atoms with Crippen LogP contribution in [0.2, 0.25) is 0 Å². The third-order valence-corrected chi connectivity index (χ3v) is 1.88. The molecule has 0 saturated heterocycles. The number of aromatic nitrogens is 2. The summed E-state index contributed by atoms with van der Waals surface area (Å²) in [5.74, 6) is 1.04. The van der Waals surface area contributed by atoms with Crippen LogP contribution >= 0.6 is 0 Å². The fourth-order valence-corrected chi connectivity index (χ4v) is 1.17. The molecule has 0 fully saturated rings. The van der Waals surface area contributed by atoms with Gasteiger partial charge in [-0.05, 0) is 12.1 Å². The maximum Gasteiger partial charge on any atom is 0.325 e. The number of rotatable bonds is 3. The Morgan fingerprint density at radius 3 is 2.88 bits per heavy atom. The van der Waals surface area contributed by atoms with Crippen molar-refractivity contribution in [3.05, 3.63) is 36.5 Å². The summed E-state index contributed by atoms with van der Waals surface area (Å²) < 4.78 is 10.4. The van der Waals surface area contributed by atoms with Crippen molar-refractivity contribution in [3.8, 4) is 17.6 Å². The Hall–Kier alpha value is -2.30. The van der Waals surface area contributed by atoms with Crippen LogP contribution in [0.5, 0.6) is 17.6 Å². The van der Waals surface area contributed by atoms with Gasteiger partial charge in [0, 0.05) is 24.0 Å². The van der Waals surface area contributed by atoms with Crippen molar-refractivity contribution in [1.82, 2.24) is 9.97 Å². The van der Waals surface area contributed by atoms with Gasteiger partial charge in [-0.25, -0.2) is 4.98 Å². The third-order valence-electron chi connectivity index (χ3n) is 1.88. The van der Waals surface area contributed by atoms with E-state index in [1.54, 1.807) is 36.5 Å². The summed E-state index contributed by atoms with van der Waals surface area (Å²) >= 11 is 0. The molecule has 0 aliphatic carbocycles. The highest BCUT2D eigenvalue weighted by Crippen LogP contribution is 2.20. The lowest BCUT2D eigenvalue weighted by Crippen LogP contribution is -1.94. The number of hydrogen-bond acceptors (Lipinski definition) is 5. The molecule has 0 unspecified atom stereocenters. The molecular weight excluding hydrogens is 206 g/mol. The summed E-state index contributed by atoms with van der Waals surface area (Å²) in [5.41, 5.74) is 6.25. The summed E-state index contributed by atoms with van der Waals surface area (Å²) in [7, 11) is 1.53. The molecule has 0 bridgehead atoms. The maximum absolute atomic E-state index is 5.62. The molecule has 5 heteroatoms. The Balaban J connectivity index is 2.20. The Labute approximate surface area is 92.9 Å². The minimum absolute atomic E-state index is 0.227. The first kappa shape index (κ1) is 10.2. The van der Waals surface area contributed by atoms with Crippen LogP contribution in [0.3, 0.4) is 0 Å². The lowest BCUT2D eigenvalue weighted by Gasteiger charge is -2.05. The molecule has 2 N–H and O–H groups in total. The van der Waals surface area contributed by atoms with E-state index in [0.29, 0.717) is 17.3 Å². The normalized spacial score (nSPS) is 9.81. The van der Waals surface area contributed by atoms with Crippen molar-refractivity contribution in [3.63, 3.8) is 0 Å². The molecule has 0 aliphatic rings. The van der Waals surface area contributed by atoms with Crippen LogP contribution in [-0.4, -0.2) is 17.1 Å². The van der Waals surface area contributed by atoms with Crippen LogP contribution in [0.25, 0.3) is 0 Å². The van der Waals surface area contributed by atoms with Gasteiger partial charge < -0.3 is 15.2 Å². The molecule has 0 radical (unpaired) electrons. The second-order valence-electron chi connectivity index (χ2n) is 3.06. The van der Waals surface area contributed by atoms with E-state index in [2.05, 4.69) is 9.97 Å². The Kier molecular flexibility index (Phi) is 2.86. The Morgan fingerprint density at radius 1 is 1.25 bits per heavy atom. The minimum Gasteiger partial charge on any atom is -0.481 e. The van der Waals surface area contributed by atoms with Crippen molar-refractivity contribution in [2.24, 2.45) is 0 Å². The summed E-state index contributed by atoms with van der Waals surface area (Å²) in [6, 6.07) is 8.92. The zero-order chi connectivity index (χ0) is 11.4. The molecule has 2 aromatic rings. The van der Waals surface area contributed by atoms with E-state index in [9.17, 15) is 0 Å². The van der Waals surface area contributed by atoms with Crippen molar-refractivity contribution in [1.29, 1.82) is 0 Å². The lowest BCUT2D eigenvalue weighted by atomic mass is 10.3. The number of nitrogen functional groups attached to an aromatic ring is 1. The van der Waals surface area contributed by atoms with E-state index < -0.39 is 0 Å². The predicted octanol–water partition coefficient (Wildman–Crippen LogP) is 1.86. The maximum atomic E-state index is 5.62. The van der Waals surface area contributed by atoms with Crippen molar-refractivity contribution in [2.45, 2.75) is 0 Å². The van der Waals surface area contributed by atoms with Crippen molar-refractivity contribution < 1.29 is 9.47 Å². The number of nitrogens with zero attached hydrogens (tertiary/aromatic N) is 2. The van der Waals surface area contributed by atoms with Crippen molar-refractivity contribution in [2.75, 3.05) is 12.8 Å². The van der Waals surface area contributed by atoms with Gasteiger partial charge >= 0.3 is 6.01 Å². The number of benzene rings is 1. The van der Waals surface area contributed by atoms with E-state index >= 15 is 0 Å². The number of ether oxygens (including phenoxy) is 2. The molecule has 0 saturated carbocycles. The van der Waals surface area contributed by atoms with Gasteiger partial charge in [0.2, 0.25) is 5.88 Å². The van der Waals surface area contributed by atoms with Gasteiger partial charge in [0.05, 0.1) is 7.11 Å². The topological polar surface area (TPSA) is 70.3 Å². The van der Waals surface area contributed by atoms with Crippen LogP contribution in [0.4, 0.5) is 5.69 Å². The van der Waals surface area contributed by atoms with Gasteiger partial charge in [0.1, 0.15) is 5.75 Å². The molecule has 1 heterocycles. The first-order chi connectivity index (χ1) is 7.78. The highest BCUT2D eigenvalue weighted by Gasteiger charge is 2.02. The Morgan fingerprint density at radius 2 is 2.12 bits per heavy atom. The molecule has 5 nitrogen and oxygen atoms in total. The Bertz CT molecular complexity index is 488. The fraction of sp³-hybridized carbons (Fsp3) is 0.0909. The molecule has 2 rings (SSSR count). The molecule has 1 aromatic heterocycles. The average Bonchev–Trinajstić information content (AvgIpc) is 2.29. The van der Waals surface area contributed by atoms with Gasteiger partial charge in [-0.15, -0.1) is 0 Å². The molecule has 0 aliphatic heterocycles. The zero-order valence-corrected chi connectivity index (χ0v) is 8.75. The standard InChI is InChI=1S/C11H11N3O2/c1-15-10-5-6-13-11(14-10)16-9-4-2-3-8(12)7-9/h2-7H,12H2,1H3. The average molecular weight is 217 g/mol. The number of methoxy groups -OCH3 is 1. The third kappa shape index (κ3) is 2.38. The van der Waals surface area contributed by atoms with Crippen molar-refractivity contribution >= 4 is 5.69 Å². The van der Waals surface area contributed by atoms with E-state index in [4.69, 9.17) is 15.2 Å². The molecule has 0 atom stereocenters. The van der Waals surface area contributed by atoms with E-state index in [0.717, 1.165) is 0 Å². The fourth-order valence-electron chi connectivity index (χ4n) is 1.17. The van der Waals surface area contributed by atoms with Crippen LogP contribution < -0.4 is 15.2 Å². The SMILES string of the molecule is COc1ccnc(Oc2cccc(N)c2)n1. The van der Waals surface area contributed by atoms with E-state index in [-0.39, 0.29) is 6.01 Å². The number of anilines is 1. The van der Waals surface area contributed by atoms with Gasteiger partial charge in [0.15, 0.2) is 0 Å². The minimum atomic E-state index is 0.227. The molecular formula is C11H11N3O2. The molecule has 1 aromatic carbocycles. The van der Waals surface area contributed by atoms with Gasteiger partial charge in [0.25, 0.3) is 0 Å². The lowest BCUT2D eigenvalue weighted by molar-refractivity contribution is 0.376. The van der Waals surface area contributed by atoms with E-state index in [1.165, 1.54) is 7.11 Å². The summed E-state index contributed by atoms with van der Waals surface area (Å²) in [4.78, 5) is 7.98. The van der Waals surface area contributed by atoms with Crippen LogP contribution in [-0.2, 0) is 0 Å². The number of hydrogen-bond donors (Lipinski definition) is 1. The first-order valence-electron chi connectivity index (χ1n) is 4.68. The summed E-state index contributed by atoms with van der Waals surface area (Å²) in [5, 5.41) is 0.